The first kappa shape index (κ1) is 23.5. The molecule has 0 saturated carbocycles. The summed E-state index contributed by atoms with van der Waals surface area (Å²) in [5.41, 5.74) is 0.418. The third kappa shape index (κ3) is 5.37. The molecule has 0 saturated heterocycles. The van der Waals surface area contributed by atoms with Gasteiger partial charge in [-0.25, -0.2) is 15.0 Å². The highest BCUT2D eigenvalue weighted by Gasteiger charge is 2.36. The van der Waals surface area contributed by atoms with Crippen LogP contribution in [0.1, 0.15) is 36.8 Å². The smallest absolute Gasteiger partial charge is 0.420 e. The summed E-state index contributed by atoms with van der Waals surface area (Å²) in [6, 6.07) is 5.38. The number of hydrogen-bond donors (Lipinski definition) is 1. The van der Waals surface area contributed by atoms with Gasteiger partial charge in [-0.05, 0) is 51.5 Å². The van der Waals surface area contributed by atoms with Gasteiger partial charge in [0.1, 0.15) is 35.1 Å². The van der Waals surface area contributed by atoms with Crippen molar-refractivity contribution in [1.29, 1.82) is 0 Å². The number of rotatable bonds is 8. The topological polar surface area (TPSA) is 74.1 Å². The maximum absolute atomic E-state index is 13.6. The number of benzene rings is 1. The monoisotopic (exact) mass is 449 g/mol. The van der Waals surface area contributed by atoms with Gasteiger partial charge in [0.05, 0.1) is 6.61 Å². The van der Waals surface area contributed by atoms with E-state index in [2.05, 4.69) is 20.3 Å². The number of aromatic nitrogens is 4. The standard InChI is InChI=1S/C22H26F3N5O2/c1-13(2)30-12-19(27-15(30)4)20-17(22(23,24)25)11-26-21(29-20)28-18-7-6-16(10-14(18)3)32-9-8-31-5/h6-7,10-13H,8-9H2,1-5H3,(H,26,28,29). The molecule has 0 fully saturated rings. The van der Waals surface area contributed by atoms with E-state index in [1.807, 2.05) is 26.8 Å². The van der Waals surface area contributed by atoms with Gasteiger partial charge in [0, 0.05) is 31.2 Å². The molecular weight excluding hydrogens is 423 g/mol. The quantitative estimate of drug-likeness (QED) is 0.469. The first-order chi connectivity index (χ1) is 15.1. The molecule has 3 rings (SSSR count). The van der Waals surface area contributed by atoms with Gasteiger partial charge in [0.25, 0.3) is 0 Å². The Kier molecular flexibility index (Phi) is 7.02. The summed E-state index contributed by atoms with van der Waals surface area (Å²) in [5, 5.41) is 3.00. The van der Waals surface area contributed by atoms with E-state index in [1.165, 1.54) is 0 Å². The molecule has 1 N–H and O–H groups in total. The molecule has 0 spiro atoms. The average molecular weight is 449 g/mol. The van der Waals surface area contributed by atoms with E-state index < -0.39 is 11.7 Å². The van der Waals surface area contributed by atoms with Crippen molar-refractivity contribution in [3.63, 3.8) is 0 Å². The van der Waals surface area contributed by atoms with E-state index in [-0.39, 0.29) is 23.4 Å². The van der Waals surface area contributed by atoms with Gasteiger partial charge in [-0.2, -0.15) is 13.2 Å². The summed E-state index contributed by atoms with van der Waals surface area (Å²) in [6.07, 6.45) is -2.24. The molecule has 0 aliphatic carbocycles. The molecule has 3 aromatic rings. The van der Waals surface area contributed by atoms with Gasteiger partial charge in [-0.3, -0.25) is 0 Å². The number of alkyl halides is 3. The lowest BCUT2D eigenvalue weighted by Gasteiger charge is -2.14. The molecular formula is C22H26F3N5O2. The van der Waals surface area contributed by atoms with E-state index >= 15 is 0 Å². The highest BCUT2D eigenvalue weighted by molar-refractivity contribution is 5.64. The molecule has 2 heterocycles. The van der Waals surface area contributed by atoms with E-state index in [1.54, 1.807) is 36.9 Å². The van der Waals surface area contributed by atoms with E-state index in [9.17, 15) is 13.2 Å². The van der Waals surface area contributed by atoms with Crippen molar-refractivity contribution in [1.82, 2.24) is 19.5 Å². The lowest BCUT2D eigenvalue weighted by Crippen LogP contribution is -2.11. The number of halogens is 3. The van der Waals surface area contributed by atoms with Crippen LogP contribution in [0.4, 0.5) is 24.8 Å². The second kappa shape index (κ2) is 9.56. The zero-order valence-corrected chi connectivity index (χ0v) is 18.6. The van der Waals surface area contributed by atoms with E-state index in [0.717, 1.165) is 11.8 Å². The van der Waals surface area contributed by atoms with Gasteiger partial charge < -0.3 is 19.4 Å². The lowest BCUT2D eigenvalue weighted by molar-refractivity contribution is -0.137. The van der Waals surface area contributed by atoms with Crippen molar-refractivity contribution >= 4 is 11.6 Å². The molecule has 172 valence electrons. The van der Waals surface area contributed by atoms with Crippen LogP contribution in [-0.4, -0.2) is 39.8 Å². The molecule has 0 aliphatic rings. The van der Waals surface area contributed by atoms with Gasteiger partial charge >= 0.3 is 6.18 Å². The number of nitrogens with zero attached hydrogens (tertiary/aromatic N) is 4. The molecule has 1 aromatic carbocycles. The van der Waals surface area contributed by atoms with Gasteiger partial charge in [-0.15, -0.1) is 0 Å². The summed E-state index contributed by atoms with van der Waals surface area (Å²) in [4.78, 5) is 12.4. The normalized spacial score (nSPS) is 11.8. The third-order valence-electron chi connectivity index (χ3n) is 4.81. The number of anilines is 2. The third-order valence-corrected chi connectivity index (χ3v) is 4.81. The van der Waals surface area contributed by atoms with Crippen molar-refractivity contribution in [2.45, 2.75) is 39.9 Å². The van der Waals surface area contributed by atoms with Crippen LogP contribution in [0, 0.1) is 13.8 Å². The maximum atomic E-state index is 13.6. The Balaban J connectivity index is 1.94. The predicted octanol–water partition coefficient (Wildman–Crippen LogP) is 5.33. The van der Waals surface area contributed by atoms with Crippen molar-refractivity contribution in [2.24, 2.45) is 0 Å². The zero-order valence-electron chi connectivity index (χ0n) is 18.6. The van der Waals surface area contributed by atoms with E-state index in [4.69, 9.17) is 9.47 Å². The Morgan fingerprint density at radius 1 is 1.12 bits per heavy atom. The Bertz CT molecular complexity index is 1080. The number of imidazole rings is 1. The molecule has 0 radical (unpaired) electrons. The molecule has 0 unspecified atom stereocenters. The number of ether oxygens (including phenoxy) is 2. The van der Waals surface area contributed by atoms with Crippen LogP contribution < -0.4 is 10.1 Å². The number of methoxy groups -OCH3 is 1. The van der Waals surface area contributed by atoms with Crippen LogP contribution in [0.15, 0.2) is 30.6 Å². The molecule has 0 aliphatic heterocycles. The summed E-state index contributed by atoms with van der Waals surface area (Å²) < 4.78 is 53.2. The maximum Gasteiger partial charge on any atom is 0.420 e. The van der Waals surface area contributed by atoms with Crippen LogP contribution >= 0.6 is 0 Å². The van der Waals surface area contributed by atoms with Gasteiger partial charge in [-0.1, -0.05) is 0 Å². The minimum atomic E-state index is -4.61. The largest absolute Gasteiger partial charge is 0.491 e. The molecule has 2 aromatic heterocycles. The highest BCUT2D eigenvalue weighted by Crippen LogP contribution is 2.36. The Morgan fingerprint density at radius 3 is 2.47 bits per heavy atom. The van der Waals surface area contributed by atoms with Gasteiger partial charge in [0.2, 0.25) is 5.95 Å². The fraction of sp³-hybridized carbons (Fsp3) is 0.409. The predicted molar refractivity (Wildman–Crippen MR) is 115 cm³/mol. The van der Waals surface area contributed by atoms with Crippen LogP contribution in [0.5, 0.6) is 5.75 Å². The van der Waals surface area contributed by atoms with Crippen LogP contribution in [0.2, 0.25) is 0 Å². The summed E-state index contributed by atoms with van der Waals surface area (Å²) in [5.74, 6) is 1.31. The Hall–Kier alpha value is -3.14. The molecule has 7 nitrogen and oxygen atoms in total. The van der Waals surface area contributed by atoms with Crippen LogP contribution in [0.3, 0.4) is 0 Å². The summed E-state index contributed by atoms with van der Waals surface area (Å²) >= 11 is 0. The fourth-order valence-electron chi connectivity index (χ4n) is 3.20. The summed E-state index contributed by atoms with van der Waals surface area (Å²) in [6.45, 7) is 8.34. The first-order valence-corrected chi connectivity index (χ1v) is 10.1. The lowest BCUT2D eigenvalue weighted by atomic mass is 10.1. The number of aryl methyl sites for hydroxylation is 2. The molecule has 0 amide bonds. The SMILES string of the molecule is COCCOc1ccc(Nc2ncc(C(F)(F)F)c(-c3cn(C(C)C)c(C)n3)n2)c(C)c1. The molecule has 0 bridgehead atoms. The minimum Gasteiger partial charge on any atom is -0.491 e. The molecule has 32 heavy (non-hydrogen) atoms. The fourth-order valence-corrected chi connectivity index (χ4v) is 3.20. The van der Waals surface area contributed by atoms with Crippen molar-refractivity contribution in [3.05, 3.63) is 47.5 Å². The van der Waals surface area contributed by atoms with Crippen molar-refractivity contribution in [2.75, 3.05) is 25.6 Å². The molecule has 10 heteroatoms. The first-order valence-electron chi connectivity index (χ1n) is 10.1. The Labute approximate surface area is 184 Å². The van der Waals surface area contributed by atoms with Crippen molar-refractivity contribution < 1.29 is 22.6 Å². The molecule has 0 atom stereocenters. The van der Waals surface area contributed by atoms with Gasteiger partial charge in [0.15, 0.2) is 0 Å². The average Bonchev–Trinajstić information content (AvgIpc) is 3.11. The van der Waals surface area contributed by atoms with Crippen LogP contribution in [-0.2, 0) is 10.9 Å². The van der Waals surface area contributed by atoms with E-state index in [0.29, 0.717) is 30.5 Å². The second-order valence-corrected chi connectivity index (χ2v) is 7.57. The minimum absolute atomic E-state index is 0.0425. The Morgan fingerprint density at radius 2 is 1.88 bits per heavy atom. The van der Waals surface area contributed by atoms with Crippen molar-refractivity contribution in [3.8, 4) is 17.1 Å². The summed E-state index contributed by atoms with van der Waals surface area (Å²) in [7, 11) is 1.59. The number of nitrogens with one attached hydrogen (secondary N) is 1. The highest BCUT2D eigenvalue weighted by atomic mass is 19.4. The number of hydrogen-bond acceptors (Lipinski definition) is 6. The van der Waals surface area contributed by atoms with Crippen LogP contribution in [0.25, 0.3) is 11.4 Å². The second-order valence-electron chi connectivity index (χ2n) is 7.57. The zero-order chi connectivity index (χ0) is 23.5.